The summed E-state index contributed by atoms with van der Waals surface area (Å²) >= 11 is 1.75. The van der Waals surface area contributed by atoms with Crippen LogP contribution in [-0.4, -0.2) is 34.4 Å². The first-order chi connectivity index (χ1) is 17.6. The summed E-state index contributed by atoms with van der Waals surface area (Å²) in [5.74, 6) is 1.17. The zero-order chi connectivity index (χ0) is 24.9. The van der Waals surface area contributed by atoms with Gasteiger partial charge in [0.05, 0.1) is 0 Å². The molecule has 1 N–H and O–H groups in total. The number of carbonyl (C=O) groups is 1. The van der Waals surface area contributed by atoms with Gasteiger partial charge in [0, 0.05) is 46.7 Å². The molecule has 4 aromatic rings. The summed E-state index contributed by atoms with van der Waals surface area (Å²) in [5, 5.41) is 5.08. The summed E-state index contributed by atoms with van der Waals surface area (Å²) in [6.45, 7) is 2.79. The van der Waals surface area contributed by atoms with E-state index in [1.54, 1.807) is 29.8 Å². The summed E-state index contributed by atoms with van der Waals surface area (Å²) in [6, 6.07) is 18.4. The van der Waals surface area contributed by atoms with Crippen molar-refractivity contribution >= 4 is 22.9 Å². The van der Waals surface area contributed by atoms with E-state index in [1.807, 2.05) is 18.2 Å². The lowest BCUT2D eigenvalue weighted by Gasteiger charge is -2.25. The highest BCUT2D eigenvalue weighted by Crippen LogP contribution is 2.30. The van der Waals surface area contributed by atoms with Gasteiger partial charge in [-0.25, -0.2) is 9.97 Å². The first kappa shape index (κ1) is 24.2. The van der Waals surface area contributed by atoms with Crippen LogP contribution in [-0.2, 0) is 24.2 Å². The maximum atomic E-state index is 12.7. The second-order valence-electron chi connectivity index (χ2n) is 9.18. The molecule has 0 saturated heterocycles. The molecule has 0 spiro atoms. The first-order valence-electron chi connectivity index (χ1n) is 12.3. The van der Waals surface area contributed by atoms with Crippen LogP contribution in [0.25, 0.3) is 11.4 Å². The van der Waals surface area contributed by atoms with Gasteiger partial charge in [-0.1, -0.05) is 12.1 Å². The van der Waals surface area contributed by atoms with Gasteiger partial charge in [0.2, 0.25) is 0 Å². The normalized spacial score (nSPS) is 13.4. The van der Waals surface area contributed by atoms with Gasteiger partial charge in [0.25, 0.3) is 5.91 Å². The first-order valence-corrected chi connectivity index (χ1v) is 13.1. The molecule has 1 amide bonds. The number of anilines is 1. The fourth-order valence-electron chi connectivity index (χ4n) is 4.57. The third-order valence-electron chi connectivity index (χ3n) is 6.66. The van der Waals surface area contributed by atoms with Gasteiger partial charge in [-0.2, -0.15) is 0 Å². The molecule has 1 atom stereocenters. The number of rotatable bonds is 9. The van der Waals surface area contributed by atoms with Crippen molar-refractivity contribution in [2.75, 3.05) is 19.0 Å². The molecule has 2 aromatic carbocycles. The Morgan fingerprint density at radius 3 is 2.72 bits per heavy atom. The Morgan fingerprint density at radius 2 is 1.92 bits per heavy atom. The number of aromatic nitrogens is 2. The molecule has 1 aliphatic carbocycles. The molecule has 7 heteroatoms. The van der Waals surface area contributed by atoms with E-state index in [-0.39, 0.29) is 18.6 Å². The molecule has 0 saturated carbocycles. The minimum atomic E-state index is -0.172. The van der Waals surface area contributed by atoms with Crippen molar-refractivity contribution in [2.45, 2.75) is 38.8 Å². The monoisotopic (exact) mass is 498 g/mol. The average molecular weight is 499 g/mol. The zero-order valence-corrected chi connectivity index (χ0v) is 21.4. The molecular formula is C29H30N4O2S. The molecule has 5 rings (SSSR count). The van der Waals surface area contributed by atoms with Crippen LogP contribution >= 0.6 is 11.3 Å². The molecule has 184 valence electrons. The number of nitrogens with zero attached hydrogens (tertiary/aromatic N) is 3. The molecular weight excluding hydrogens is 468 g/mol. The molecule has 6 nitrogen and oxygen atoms in total. The SMILES string of the molecule is CC(c1cccs1)N(C)Cc1cc(-c2ncccn2)ccc1OCC(=O)Nc1ccc2c(c1)CCC2. The Bertz CT molecular complexity index is 1320. The van der Waals surface area contributed by atoms with Crippen LogP contribution < -0.4 is 10.1 Å². The van der Waals surface area contributed by atoms with Crippen molar-refractivity contribution in [3.05, 3.63) is 93.9 Å². The van der Waals surface area contributed by atoms with Gasteiger partial charge in [-0.05, 0) is 92.2 Å². The van der Waals surface area contributed by atoms with Gasteiger partial charge in [0.1, 0.15) is 5.75 Å². The van der Waals surface area contributed by atoms with E-state index in [2.05, 4.69) is 69.9 Å². The number of aryl methyl sites for hydroxylation is 2. The van der Waals surface area contributed by atoms with E-state index in [0.717, 1.165) is 29.7 Å². The topological polar surface area (TPSA) is 67.3 Å². The van der Waals surface area contributed by atoms with Crippen LogP contribution in [0.2, 0.25) is 0 Å². The molecule has 0 bridgehead atoms. The number of ether oxygens (including phenoxy) is 1. The Hall–Kier alpha value is -3.55. The standard InChI is InChI=1S/C29H30N4O2S/c1-20(27-8-4-15-36-27)33(2)18-24-16-23(29-30-13-5-14-31-29)10-12-26(24)35-19-28(34)32-25-11-9-21-6-3-7-22(21)17-25/h4-5,8-17,20H,3,6-7,18-19H2,1-2H3,(H,32,34). The number of thiophene rings is 1. The van der Waals surface area contributed by atoms with Crippen molar-refractivity contribution in [2.24, 2.45) is 0 Å². The number of amides is 1. The molecule has 2 aromatic heterocycles. The third-order valence-corrected chi connectivity index (χ3v) is 7.70. The van der Waals surface area contributed by atoms with E-state index in [9.17, 15) is 4.79 Å². The van der Waals surface area contributed by atoms with E-state index in [4.69, 9.17) is 4.74 Å². The lowest BCUT2D eigenvalue weighted by atomic mass is 10.1. The van der Waals surface area contributed by atoms with Crippen LogP contribution in [0, 0.1) is 0 Å². The predicted molar refractivity (Wildman–Crippen MR) is 144 cm³/mol. The van der Waals surface area contributed by atoms with Crippen LogP contribution in [0.1, 0.15) is 41.0 Å². The summed E-state index contributed by atoms with van der Waals surface area (Å²) in [7, 11) is 2.10. The van der Waals surface area contributed by atoms with Crippen LogP contribution in [0.15, 0.2) is 72.4 Å². The molecule has 36 heavy (non-hydrogen) atoms. The van der Waals surface area contributed by atoms with Crippen LogP contribution in [0.5, 0.6) is 5.75 Å². The summed E-state index contributed by atoms with van der Waals surface area (Å²) < 4.78 is 6.05. The Balaban J connectivity index is 1.31. The van der Waals surface area contributed by atoms with Crippen LogP contribution in [0.4, 0.5) is 5.69 Å². The predicted octanol–water partition coefficient (Wildman–Crippen LogP) is 5.90. The summed E-state index contributed by atoms with van der Waals surface area (Å²) in [5.41, 5.74) is 5.44. The van der Waals surface area contributed by atoms with Crippen molar-refractivity contribution in [1.29, 1.82) is 0 Å². The Kier molecular flexibility index (Phi) is 7.39. The van der Waals surface area contributed by atoms with Gasteiger partial charge in [-0.3, -0.25) is 9.69 Å². The molecule has 0 aliphatic heterocycles. The number of fused-ring (bicyclic) bond motifs is 1. The number of benzene rings is 2. The highest BCUT2D eigenvalue weighted by molar-refractivity contribution is 7.10. The molecule has 2 heterocycles. The zero-order valence-electron chi connectivity index (χ0n) is 20.6. The number of hydrogen-bond donors (Lipinski definition) is 1. The molecule has 0 fully saturated rings. The number of carbonyl (C=O) groups excluding carboxylic acids is 1. The smallest absolute Gasteiger partial charge is 0.262 e. The van der Waals surface area contributed by atoms with Gasteiger partial charge in [0.15, 0.2) is 12.4 Å². The Morgan fingerprint density at radius 1 is 1.08 bits per heavy atom. The van der Waals surface area contributed by atoms with E-state index >= 15 is 0 Å². The van der Waals surface area contributed by atoms with Crippen molar-refractivity contribution in [1.82, 2.24) is 14.9 Å². The van der Waals surface area contributed by atoms with Crippen molar-refractivity contribution in [3.63, 3.8) is 0 Å². The quantitative estimate of drug-likeness (QED) is 0.311. The minimum Gasteiger partial charge on any atom is -0.483 e. The lowest BCUT2D eigenvalue weighted by Crippen LogP contribution is -2.23. The van der Waals surface area contributed by atoms with Gasteiger partial charge in [-0.15, -0.1) is 11.3 Å². The maximum Gasteiger partial charge on any atom is 0.262 e. The lowest BCUT2D eigenvalue weighted by molar-refractivity contribution is -0.118. The van der Waals surface area contributed by atoms with Gasteiger partial charge >= 0.3 is 0 Å². The number of hydrogen-bond acceptors (Lipinski definition) is 6. The summed E-state index contributed by atoms with van der Waals surface area (Å²) in [6.07, 6.45) is 6.86. The average Bonchev–Trinajstić information content (AvgIpc) is 3.60. The fourth-order valence-corrected chi connectivity index (χ4v) is 5.42. The summed E-state index contributed by atoms with van der Waals surface area (Å²) in [4.78, 5) is 25.1. The largest absolute Gasteiger partial charge is 0.483 e. The van der Waals surface area contributed by atoms with Crippen LogP contribution in [0.3, 0.4) is 0 Å². The second-order valence-corrected chi connectivity index (χ2v) is 10.2. The molecule has 1 unspecified atom stereocenters. The number of nitrogens with one attached hydrogen (secondary N) is 1. The minimum absolute atomic E-state index is 0.0601. The highest BCUT2D eigenvalue weighted by atomic mass is 32.1. The maximum absolute atomic E-state index is 12.7. The molecule has 0 radical (unpaired) electrons. The van der Waals surface area contributed by atoms with Crippen molar-refractivity contribution < 1.29 is 9.53 Å². The Labute approximate surface area is 216 Å². The molecule has 1 aliphatic rings. The third kappa shape index (κ3) is 5.64. The highest BCUT2D eigenvalue weighted by Gasteiger charge is 2.17. The van der Waals surface area contributed by atoms with E-state index < -0.39 is 0 Å². The second kappa shape index (κ2) is 11.0. The van der Waals surface area contributed by atoms with E-state index in [0.29, 0.717) is 18.1 Å². The van der Waals surface area contributed by atoms with Crippen molar-refractivity contribution in [3.8, 4) is 17.1 Å². The fraction of sp³-hybridized carbons (Fsp3) is 0.276. The van der Waals surface area contributed by atoms with Gasteiger partial charge < -0.3 is 10.1 Å². The van der Waals surface area contributed by atoms with E-state index in [1.165, 1.54) is 22.4 Å².